The highest BCUT2D eigenvalue weighted by atomic mass is 16.5. The summed E-state index contributed by atoms with van der Waals surface area (Å²) in [5.74, 6) is 2.10. The minimum atomic E-state index is -0.138. The van der Waals surface area contributed by atoms with E-state index < -0.39 is 0 Å². The molecule has 1 aliphatic heterocycles. The summed E-state index contributed by atoms with van der Waals surface area (Å²) in [6.45, 7) is 1.79. The van der Waals surface area contributed by atoms with E-state index in [1.165, 1.54) is 4.90 Å². The average molecular weight is 290 g/mol. The highest BCUT2D eigenvalue weighted by Crippen LogP contribution is 2.38. The van der Waals surface area contributed by atoms with Gasteiger partial charge in [0.05, 0.1) is 21.3 Å². The summed E-state index contributed by atoms with van der Waals surface area (Å²) >= 11 is 0. The summed E-state index contributed by atoms with van der Waals surface area (Å²) < 4.78 is 15.8. The number of aliphatic imine (C=N–C) groups is 1. The Morgan fingerprint density at radius 3 is 2.05 bits per heavy atom. The molecule has 21 heavy (non-hydrogen) atoms. The number of amides is 1. The Labute approximate surface area is 123 Å². The molecular formula is C15H18N2O4. The first-order valence-electron chi connectivity index (χ1n) is 6.36. The first kappa shape index (κ1) is 14.9. The van der Waals surface area contributed by atoms with E-state index in [1.807, 2.05) is 0 Å². The van der Waals surface area contributed by atoms with Crippen LogP contribution in [0.1, 0.15) is 12.5 Å². The number of likely N-dealkylation sites (N-methyl/N-ethyl adjacent to an activating group) is 1. The van der Waals surface area contributed by atoms with Crippen molar-refractivity contribution in [3.63, 3.8) is 0 Å². The molecule has 0 fully saturated rings. The third-order valence-electron chi connectivity index (χ3n) is 3.28. The third kappa shape index (κ3) is 2.69. The summed E-state index contributed by atoms with van der Waals surface area (Å²) in [6, 6.07) is 3.54. The number of benzene rings is 1. The van der Waals surface area contributed by atoms with E-state index in [9.17, 15) is 4.79 Å². The van der Waals surface area contributed by atoms with Crippen LogP contribution in [0.15, 0.2) is 22.8 Å². The van der Waals surface area contributed by atoms with Gasteiger partial charge in [-0.3, -0.25) is 9.69 Å². The first-order chi connectivity index (χ1) is 10.0. The van der Waals surface area contributed by atoms with Crippen molar-refractivity contribution >= 4 is 17.8 Å². The van der Waals surface area contributed by atoms with Crippen molar-refractivity contribution in [1.29, 1.82) is 0 Å². The van der Waals surface area contributed by atoms with Crippen molar-refractivity contribution in [2.75, 3.05) is 28.4 Å². The lowest BCUT2D eigenvalue weighted by atomic mass is 10.1. The van der Waals surface area contributed by atoms with Crippen LogP contribution in [0.4, 0.5) is 0 Å². The van der Waals surface area contributed by atoms with Crippen LogP contribution in [0.5, 0.6) is 17.2 Å². The van der Waals surface area contributed by atoms with Gasteiger partial charge in [-0.1, -0.05) is 0 Å². The van der Waals surface area contributed by atoms with E-state index in [4.69, 9.17) is 14.2 Å². The fraction of sp³-hybridized carbons (Fsp3) is 0.333. The topological polar surface area (TPSA) is 60.4 Å². The molecule has 1 aromatic carbocycles. The molecule has 6 heteroatoms. The first-order valence-corrected chi connectivity index (χ1v) is 6.36. The molecule has 0 atom stereocenters. The van der Waals surface area contributed by atoms with Crippen molar-refractivity contribution in [3.05, 3.63) is 23.4 Å². The molecule has 1 amide bonds. The summed E-state index contributed by atoms with van der Waals surface area (Å²) in [6.07, 6.45) is 1.69. The molecule has 6 nitrogen and oxygen atoms in total. The van der Waals surface area contributed by atoms with Gasteiger partial charge in [0, 0.05) is 7.05 Å². The highest BCUT2D eigenvalue weighted by Gasteiger charge is 2.24. The maximum absolute atomic E-state index is 12.0. The minimum absolute atomic E-state index is 0.138. The van der Waals surface area contributed by atoms with E-state index in [0.717, 1.165) is 5.56 Å². The van der Waals surface area contributed by atoms with Crippen molar-refractivity contribution in [2.45, 2.75) is 6.92 Å². The van der Waals surface area contributed by atoms with Gasteiger partial charge in [-0.15, -0.1) is 0 Å². The van der Waals surface area contributed by atoms with E-state index in [2.05, 4.69) is 4.99 Å². The predicted octanol–water partition coefficient (Wildman–Crippen LogP) is 1.94. The highest BCUT2D eigenvalue weighted by molar-refractivity contribution is 6.13. The Kier molecular flexibility index (Phi) is 4.16. The number of ether oxygens (including phenoxy) is 3. The van der Waals surface area contributed by atoms with Crippen LogP contribution in [0.25, 0.3) is 6.08 Å². The number of rotatable bonds is 4. The fourth-order valence-electron chi connectivity index (χ4n) is 2.05. The number of carbonyl (C=O) groups is 1. The zero-order valence-electron chi connectivity index (χ0n) is 12.8. The van der Waals surface area contributed by atoms with Crippen LogP contribution < -0.4 is 14.2 Å². The third-order valence-corrected chi connectivity index (χ3v) is 3.28. The van der Waals surface area contributed by atoms with Crippen LogP contribution in [-0.4, -0.2) is 45.0 Å². The molecule has 0 aromatic heterocycles. The largest absolute Gasteiger partial charge is 0.493 e. The summed E-state index contributed by atoms with van der Waals surface area (Å²) in [5, 5.41) is 0. The lowest BCUT2D eigenvalue weighted by Gasteiger charge is -2.13. The zero-order valence-corrected chi connectivity index (χ0v) is 12.8. The molecule has 0 spiro atoms. The van der Waals surface area contributed by atoms with Gasteiger partial charge in [0.2, 0.25) is 5.75 Å². The summed E-state index contributed by atoms with van der Waals surface area (Å²) in [5.41, 5.74) is 1.13. The van der Waals surface area contributed by atoms with Gasteiger partial charge in [0.15, 0.2) is 11.5 Å². The molecule has 112 valence electrons. The molecule has 0 bridgehead atoms. The van der Waals surface area contributed by atoms with Crippen LogP contribution in [0.2, 0.25) is 0 Å². The van der Waals surface area contributed by atoms with Crippen molar-refractivity contribution < 1.29 is 19.0 Å². The van der Waals surface area contributed by atoms with Gasteiger partial charge < -0.3 is 14.2 Å². The van der Waals surface area contributed by atoms with Gasteiger partial charge in [0.1, 0.15) is 11.5 Å². The maximum atomic E-state index is 12.0. The molecular weight excluding hydrogens is 272 g/mol. The summed E-state index contributed by atoms with van der Waals surface area (Å²) in [4.78, 5) is 17.8. The number of hydrogen-bond acceptors (Lipinski definition) is 5. The van der Waals surface area contributed by atoms with Gasteiger partial charge in [-0.05, 0) is 30.7 Å². The van der Waals surface area contributed by atoms with E-state index in [0.29, 0.717) is 28.8 Å². The second-order valence-electron chi connectivity index (χ2n) is 4.51. The Bertz CT molecular complexity index is 610. The molecule has 0 saturated carbocycles. The second-order valence-corrected chi connectivity index (χ2v) is 4.51. The van der Waals surface area contributed by atoms with Gasteiger partial charge >= 0.3 is 0 Å². The number of nitrogens with zero attached hydrogens (tertiary/aromatic N) is 2. The van der Waals surface area contributed by atoms with Crippen LogP contribution in [0.3, 0.4) is 0 Å². The average Bonchev–Trinajstić information content (AvgIpc) is 2.73. The number of carbonyl (C=O) groups excluding carboxylic acids is 1. The molecule has 0 saturated heterocycles. The quantitative estimate of drug-likeness (QED) is 0.795. The molecule has 0 aliphatic carbocycles. The molecule has 1 heterocycles. The molecule has 0 N–H and O–H groups in total. The monoisotopic (exact) mass is 290 g/mol. The van der Waals surface area contributed by atoms with E-state index in [-0.39, 0.29) is 5.91 Å². The molecule has 1 aromatic rings. The fourth-order valence-corrected chi connectivity index (χ4v) is 2.05. The second kappa shape index (κ2) is 5.87. The van der Waals surface area contributed by atoms with Crippen molar-refractivity contribution in [2.24, 2.45) is 4.99 Å². The Hall–Kier alpha value is -2.50. The standard InChI is InChI=1S/C15H18N2O4/c1-9-16-11(15(18)17(9)2)6-10-7-12(19-3)14(21-5)13(8-10)20-4/h6-8H,1-5H3/b11-6+. The molecule has 1 aliphatic rings. The van der Waals surface area contributed by atoms with Crippen molar-refractivity contribution in [3.8, 4) is 17.2 Å². The van der Waals surface area contributed by atoms with Crippen LogP contribution in [-0.2, 0) is 4.79 Å². The zero-order chi connectivity index (χ0) is 15.6. The van der Waals surface area contributed by atoms with Crippen LogP contribution >= 0.6 is 0 Å². The molecule has 0 radical (unpaired) electrons. The van der Waals surface area contributed by atoms with E-state index in [1.54, 1.807) is 53.5 Å². The Morgan fingerprint density at radius 1 is 1.10 bits per heavy atom. The number of amidine groups is 1. The smallest absolute Gasteiger partial charge is 0.277 e. The SMILES string of the molecule is COc1cc(/C=C2/N=C(C)N(C)C2=O)cc(OC)c1OC. The summed E-state index contributed by atoms with van der Waals surface area (Å²) in [7, 11) is 6.33. The van der Waals surface area contributed by atoms with Gasteiger partial charge in [-0.25, -0.2) is 4.99 Å². The minimum Gasteiger partial charge on any atom is -0.493 e. The number of hydrogen-bond donors (Lipinski definition) is 0. The van der Waals surface area contributed by atoms with Gasteiger partial charge in [-0.2, -0.15) is 0 Å². The lowest BCUT2D eigenvalue weighted by Crippen LogP contribution is -2.25. The van der Waals surface area contributed by atoms with Gasteiger partial charge in [0.25, 0.3) is 5.91 Å². The lowest BCUT2D eigenvalue weighted by molar-refractivity contribution is -0.121. The number of methoxy groups -OCH3 is 3. The molecule has 2 rings (SSSR count). The predicted molar refractivity (Wildman–Crippen MR) is 80.0 cm³/mol. The Morgan fingerprint density at radius 2 is 1.67 bits per heavy atom. The van der Waals surface area contributed by atoms with E-state index >= 15 is 0 Å². The molecule has 0 unspecified atom stereocenters. The Balaban J connectivity index is 2.49. The van der Waals surface area contributed by atoms with Crippen LogP contribution in [0, 0.1) is 0 Å². The van der Waals surface area contributed by atoms with Crippen molar-refractivity contribution in [1.82, 2.24) is 4.90 Å². The maximum Gasteiger partial charge on any atom is 0.277 e. The normalized spacial score (nSPS) is 16.2.